The third kappa shape index (κ3) is 3.45. The van der Waals surface area contributed by atoms with Gasteiger partial charge in [0.25, 0.3) is 5.91 Å². The summed E-state index contributed by atoms with van der Waals surface area (Å²) in [7, 11) is 0. The molecule has 1 aromatic heterocycles. The van der Waals surface area contributed by atoms with Crippen LogP contribution in [0.1, 0.15) is 16.6 Å². The molecule has 1 unspecified atom stereocenters. The van der Waals surface area contributed by atoms with Crippen molar-refractivity contribution < 1.29 is 19.1 Å². The molecule has 23 heavy (non-hydrogen) atoms. The molecule has 1 atom stereocenters. The Morgan fingerprint density at radius 1 is 1.17 bits per heavy atom. The molecule has 7 heteroatoms. The maximum Gasteiger partial charge on any atom is 0.261 e. The van der Waals surface area contributed by atoms with Gasteiger partial charge >= 0.3 is 0 Å². The van der Waals surface area contributed by atoms with Gasteiger partial charge in [0.1, 0.15) is 19.3 Å². The minimum Gasteiger partial charge on any atom is -0.486 e. The molecule has 2 heterocycles. The summed E-state index contributed by atoms with van der Waals surface area (Å²) in [4.78, 5) is 24.8. The molecule has 3 rings (SSSR count). The van der Waals surface area contributed by atoms with Crippen LogP contribution in [0.4, 0.5) is 5.69 Å². The van der Waals surface area contributed by atoms with Gasteiger partial charge in [-0.1, -0.05) is 12.1 Å². The second-order valence-electron chi connectivity index (χ2n) is 4.99. The molecule has 0 saturated heterocycles. The Bertz CT molecular complexity index is 715. The molecule has 1 aliphatic heterocycles. The van der Waals surface area contributed by atoms with Crippen molar-refractivity contribution in [3.63, 3.8) is 0 Å². The van der Waals surface area contributed by atoms with Crippen LogP contribution in [-0.2, 0) is 4.79 Å². The molecule has 2 amide bonds. The van der Waals surface area contributed by atoms with Crippen molar-refractivity contribution in [2.24, 2.45) is 0 Å². The molecule has 2 N–H and O–H groups in total. The Balaban J connectivity index is 1.66. The zero-order chi connectivity index (χ0) is 16.2. The molecule has 120 valence electrons. The van der Waals surface area contributed by atoms with Crippen molar-refractivity contribution in [1.82, 2.24) is 5.32 Å². The fourth-order valence-electron chi connectivity index (χ4n) is 2.15. The number of anilines is 1. The smallest absolute Gasteiger partial charge is 0.261 e. The Hall–Kier alpha value is -2.54. The first-order valence-corrected chi connectivity index (χ1v) is 8.07. The van der Waals surface area contributed by atoms with E-state index in [-0.39, 0.29) is 11.8 Å². The highest BCUT2D eigenvalue weighted by atomic mass is 32.1. The highest BCUT2D eigenvalue weighted by Gasteiger charge is 2.21. The standard InChI is InChI=1S/C16H16N2O4S/c1-10(17-16(20)13-6-3-9-23-13)15(19)18-11-4-2-5-12-14(11)22-8-7-21-12/h2-6,9-10H,7-8H2,1H3,(H,17,20)(H,18,19). The fraction of sp³-hybridized carbons (Fsp3) is 0.250. The quantitative estimate of drug-likeness (QED) is 0.900. The van der Waals surface area contributed by atoms with Crippen molar-refractivity contribution >= 4 is 28.8 Å². The number of hydrogen-bond donors (Lipinski definition) is 2. The first-order chi connectivity index (χ1) is 11.1. The number of fused-ring (bicyclic) bond motifs is 1. The summed E-state index contributed by atoms with van der Waals surface area (Å²) in [5.74, 6) is 0.531. The van der Waals surface area contributed by atoms with E-state index in [9.17, 15) is 9.59 Å². The molecule has 0 radical (unpaired) electrons. The minimum atomic E-state index is -0.676. The molecule has 1 aliphatic rings. The van der Waals surface area contributed by atoms with Crippen molar-refractivity contribution in [2.45, 2.75) is 13.0 Å². The normalized spacial score (nSPS) is 14.0. The van der Waals surface area contributed by atoms with Gasteiger partial charge in [-0.15, -0.1) is 11.3 Å². The average Bonchev–Trinajstić information content (AvgIpc) is 3.09. The lowest BCUT2D eigenvalue weighted by molar-refractivity contribution is -0.117. The number of amides is 2. The van der Waals surface area contributed by atoms with E-state index in [1.807, 2.05) is 5.38 Å². The van der Waals surface area contributed by atoms with E-state index in [0.717, 1.165) is 0 Å². The molecule has 0 saturated carbocycles. The van der Waals surface area contributed by atoms with E-state index in [1.165, 1.54) is 11.3 Å². The molecule has 1 aromatic carbocycles. The zero-order valence-electron chi connectivity index (χ0n) is 12.5. The second kappa shape index (κ2) is 6.70. The Kier molecular flexibility index (Phi) is 4.47. The van der Waals surface area contributed by atoms with Crippen molar-refractivity contribution in [3.8, 4) is 11.5 Å². The predicted molar refractivity (Wildman–Crippen MR) is 87.3 cm³/mol. The van der Waals surface area contributed by atoms with E-state index in [1.54, 1.807) is 37.3 Å². The number of carbonyl (C=O) groups is 2. The number of ether oxygens (including phenoxy) is 2. The van der Waals surface area contributed by atoms with Crippen molar-refractivity contribution in [1.29, 1.82) is 0 Å². The largest absolute Gasteiger partial charge is 0.486 e. The Morgan fingerprint density at radius 2 is 2.00 bits per heavy atom. The van der Waals surface area contributed by atoms with E-state index in [4.69, 9.17) is 9.47 Å². The van der Waals surface area contributed by atoms with Crippen LogP contribution in [-0.4, -0.2) is 31.1 Å². The van der Waals surface area contributed by atoms with Crippen LogP contribution in [0.25, 0.3) is 0 Å². The molecule has 6 nitrogen and oxygen atoms in total. The van der Waals surface area contributed by atoms with Gasteiger partial charge in [-0.25, -0.2) is 0 Å². The van der Waals surface area contributed by atoms with E-state index >= 15 is 0 Å². The monoisotopic (exact) mass is 332 g/mol. The lowest BCUT2D eigenvalue weighted by atomic mass is 10.2. The SMILES string of the molecule is CC(NC(=O)c1cccs1)C(=O)Nc1cccc2c1OCCO2. The molecule has 0 spiro atoms. The van der Waals surface area contributed by atoms with Crippen molar-refractivity contribution in [3.05, 3.63) is 40.6 Å². The van der Waals surface area contributed by atoms with E-state index in [2.05, 4.69) is 10.6 Å². The van der Waals surface area contributed by atoms with Gasteiger partial charge in [-0.05, 0) is 30.5 Å². The lowest BCUT2D eigenvalue weighted by Crippen LogP contribution is -2.41. The van der Waals surface area contributed by atoms with Gasteiger partial charge in [0.05, 0.1) is 10.6 Å². The van der Waals surface area contributed by atoms with Crippen LogP contribution in [0, 0.1) is 0 Å². The molecule has 0 fully saturated rings. The van der Waals surface area contributed by atoms with Crippen LogP contribution in [0.3, 0.4) is 0 Å². The van der Waals surface area contributed by atoms with Gasteiger partial charge in [0.15, 0.2) is 11.5 Å². The lowest BCUT2D eigenvalue weighted by Gasteiger charge is -2.22. The number of para-hydroxylation sites is 1. The van der Waals surface area contributed by atoms with Crippen LogP contribution in [0.15, 0.2) is 35.7 Å². The third-order valence-electron chi connectivity index (χ3n) is 3.31. The fourth-order valence-corrected chi connectivity index (χ4v) is 2.78. The highest BCUT2D eigenvalue weighted by molar-refractivity contribution is 7.12. The molecule has 2 aromatic rings. The van der Waals surface area contributed by atoms with E-state index in [0.29, 0.717) is 35.3 Å². The van der Waals surface area contributed by atoms with Gasteiger partial charge in [-0.2, -0.15) is 0 Å². The third-order valence-corrected chi connectivity index (χ3v) is 4.18. The number of benzene rings is 1. The van der Waals surface area contributed by atoms with Gasteiger partial charge in [0, 0.05) is 0 Å². The Morgan fingerprint density at radius 3 is 2.78 bits per heavy atom. The number of thiophene rings is 1. The van der Waals surface area contributed by atoms with Crippen LogP contribution in [0.2, 0.25) is 0 Å². The first-order valence-electron chi connectivity index (χ1n) is 7.19. The second-order valence-corrected chi connectivity index (χ2v) is 5.94. The Labute approximate surface area is 137 Å². The van der Waals surface area contributed by atoms with Crippen molar-refractivity contribution in [2.75, 3.05) is 18.5 Å². The highest BCUT2D eigenvalue weighted by Crippen LogP contribution is 2.37. The minimum absolute atomic E-state index is 0.266. The summed E-state index contributed by atoms with van der Waals surface area (Å²) >= 11 is 1.33. The summed E-state index contributed by atoms with van der Waals surface area (Å²) in [5.41, 5.74) is 0.532. The zero-order valence-corrected chi connectivity index (χ0v) is 13.3. The summed E-state index contributed by atoms with van der Waals surface area (Å²) in [6, 6.07) is 8.12. The van der Waals surface area contributed by atoms with Crippen LogP contribution >= 0.6 is 11.3 Å². The first kappa shape index (κ1) is 15.4. The van der Waals surface area contributed by atoms with Crippen LogP contribution < -0.4 is 20.1 Å². The maximum absolute atomic E-state index is 12.3. The summed E-state index contributed by atoms with van der Waals surface area (Å²) in [6.07, 6.45) is 0. The number of carbonyl (C=O) groups excluding carboxylic acids is 2. The number of rotatable bonds is 4. The summed E-state index contributed by atoms with van der Waals surface area (Å²) < 4.78 is 11.0. The van der Waals surface area contributed by atoms with Gasteiger partial charge in [0.2, 0.25) is 5.91 Å². The molecular weight excluding hydrogens is 316 g/mol. The summed E-state index contributed by atoms with van der Waals surface area (Å²) in [5, 5.41) is 7.25. The molecule has 0 aliphatic carbocycles. The topological polar surface area (TPSA) is 76.7 Å². The number of hydrogen-bond acceptors (Lipinski definition) is 5. The van der Waals surface area contributed by atoms with Gasteiger partial charge < -0.3 is 20.1 Å². The molecule has 0 bridgehead atoms. The van der Waals surface area contributed by atoms with Crippen LogP contribution in [0.5, 0.6) is 11.5 Å². The molecular formula is C16H16N2O4S. The maximum atomic E-state index is 12.3. The van der Waals surface area contributed by atoms with Gasteiger partial charge in [-0.3, -0.25) is 9.59 Å². The average molecular weight is 332 g/mol. The number of nitrogens with one attached hydrogen (secondary N) is 2. The predicted octanol–water partition coefficient (Wildman–Crippen LogP) is 2.28. The van der Waals surface area contributed by atoms with E-state index < -0.39 is 6.04 Å². The summed E-state index contributed by atoms with van der Waals surface area (Å²) in [6.45, 7) is 2.55.